The van der Waals surface area contributed by atoms with Crippen molar-refractivity contribution >= 4 is 40.6 Å². The first-order valence-corrected chi connectivity index (χ1v) is 8.41. The van der Waals surface area contributed by atoms with Crippen LogP contribution in [-0.2, 0) is 0 Å². The Morgan fingerprint density at radius 2 is 1.62 bits per heavy atom. The average Bonchev–Trinajstić information content (AvgIpc) is 2.58. The number of carbonyl (C=O) groups is 1. The summed E-state index contributed by atoms with van der Waals surface area (Å²) in [5.41, 5.74) is -0.563. The monoisotopic (exact) mass is 409 g/mol. The number of aromatic nitrogens is 3. The number of hydrogen-bond acceptors (Lipinski definition) is 4. The number of H-pyrrole nitrogens is 1. The van der Waals surface area contributed by atoms with Crippen LogP contribution in [-0.4, -0.2) is 20.5 Å². The van der Waals surface area contributed by atoms with Crippen molar-refractivity contribution in [3.63, 3.8) is 0 Å². The Bertz CT molecular complexity index is 1110. The van der Waals surface area contributed by atoms with E-state index in [1.807, 2.05) is 0 Å². The zero-order valence-electron chi connectivity index (χ0n) is 13.2. The van der Waals surface area contributed by atoms with Gasteiger partial charge in [0.1, 0.15) is 5.69 Å². The zero-order valence-corrected chi connectivity index (χ0v) is 15.5. The molecule has 3 rings (SSSR count). The Labute approximate surface area is 162 Å². The van der Waals surface area contributed by atoms with Crippen molar-refractivity contribution in [3.8, 4) is 5.69 Å². The molecule has 0 atom stereocenters. The summed E-state index contributed by atoms with van der Waals surface area (Å²) in [4.78, 5) is 38.2. The third-order valence-corrected chi connectivity index (χ3v) is 4.44. The number of nitrogens with zero attached hydrogens (tertiary/aromatic N) is 2. The molecule has 0 aliphatic heterocycles. The molecule has 0 aliphatic rings. The van der Waals surface area contributed by atoms with Crippen molar-refractivity contribution in [3.05, 3.63) is 89.1 Å². The molecule has 1 N–H and O–H groups in total. The SMILES string of the molecule is Cc1nn(-c2cc(Cl)c(C(=O)c3ccc(Cl)cc3)c(Cl)c2)c(=O)[nH]c1=O. The second kappa shape index (κ2) is 7.07. The lowest BCUT2D eigenvalue weighted by Gasteiger charge is -2.10. The molecule has 132 valence electrons. The van der Waals surface area contributed by atoms with Crippen LogP contribution in [0, 0.1) is 6.92 Å². The average molecular weight is 411 g/mol. The van der Waals surface area contributed by atoms with E-state index in [0.717, 1.165) is 4.68 Å². The summed E-state index contributed by atoms with van der Waals surface area (Å²) in [6, 6.07) is 9.03. The van der Waals surface area contributed by atoms with Crippen molar-refractivity contribution in [2.45, 2.75) is 6.92 Å². The van der Waals surface area contributed by atoms with Gasteiger partial charge in [-0.2, -0.15) is 9.78 Å². The van der Waals surface area contributed by atoms with E-state index in [2.05, 4.69) is 10.1 Å². The maximum atomic E-state index is 12.7. The van der Waals surface area contributed by atoms with Gasteiger partial charge in [-0.3, -0.25) is 14.6 Å². The molecule has 6 nitrogen and oxygen atoms in total. The van der Waals surface area contributed by atoms with E-state index < -0.39 is 11.2 Å². The van der Waals surface area contributed by atoms with Gasteiger partial charge in [-0.15, -0.1) is 0 Å². The number of hydrogen-bond donors (Lipinski definition) is 1. The van der Waals surface area contributed by atoms with Crippen LogP contribution < -0.4 is 11.2 Å². The molecule has 9 heteroatoms. The number of carbonyl (C=O) groups excluding carboxylic acids is 1. The molecule has 0 spiro atoms. The largest absolute Gasteiger partial charge is 0.349 e. The number of rotatable bonds is 3. The van der Waals surface area contributed by atoms with Crippen LogP contribution >= 0.6 is 34.8 Å². The minimum absolute atomic E-state index is 0.0463. The molecule has 0 unspecified atom stereocenters. The number of halogens is 3. The minimum Gasteiger partial charge on any atom is -0.288 e. The first-order chi connectivity index (χ1) is 12.3. The van der Waals surface area contributed by atoms with Gasteiger partial charge >= 0.3 is 5.69 Å². The van der Waals surface area contributed by atoms with Gasteiger partial charge in [0.25, 0.3) is 5.56 Å². The highest BCUT2D eigenvalue weighted by atomic mass is 35.5. The Balaban J connectivity index is 2.11. The van der Waals surface area contributed by atoms with Crippen molar-refractivity contribution in [2.75, 3.05) is 0 Å². The van der Waals surface area contributed by atoms with E-state index in [4.69, 9.17) is 34.8 Å². The van der Waals surface area contributed by atoms with E-state index in [-0.39, 0.29) is 32.8 Å². The summed E-state index contributed by atoms with van der Waals surface area (Å²) in [5, 5.41) is 4.50. The number of aryl methyl sites for hydroxylation is 1. The lowest BCUT2D eigenvalue weighted by atomic mass is 10.0. The molecule has 0 saturated carbocycles. The van der Waals surface area contributed by atoms with Crippen LogP contribution in [0.4, 0.5) is 0 Å². The molecular weight excluding hydrogens is 401 g/mol. The predicted octanol–water partition coefficient (Wildman–Crippen LogP) is 3.42. The fraction of sp³-hybridized carbons (Fsp3) is 0.0588. The maximum absolute atomic E-state index is 12.7. The molecule has 26 heavy (non-hydrogen) atoms. The Hall–Kier alpha value is -2.41. The van der Waals surface area contributed by atoms with Crippen LogP contribution in [0.1, 0.15) is 21.6 Å². The van der Waals surface area contributed by atoms with Crippen LogP contribution in [0.2, 0.25) is 15.1 Å². The summed E-state index contributed by atoms with van der Waals surface area (Å²) in [6.45, 7) is 1.45. The van der Waals surface area contributed by atoms with Gasteiger partial charge in [0, 0.05) is 10.6 Å². The lowest BCUT2D eigenvalue weighted by Crippen LogP contribution is -2.32. The summed E-state index contributed by atoms with van der Waals surface area (Å²) in [6.07, 6.45) is 0. The van der Waals surface area contributed by atoms with Gasteiger partial charge < -0.3 is 0 Å². The Kier molecular flexibility index (Phi) is 5.00. The van der Waals surface area contributed by atoms with Crippen molar-refractivity contribution in [1.29, 1.82) is 0 Å². The highest BCUT2D eigenvalue weighted by molar-refractivity contribution is 6.41. The quantitative estimate of drug-likeness (QED) is 0.671. The molecule has 0 aliphatic carbocycles. The van der Waals surface area contributed by atoms with Gasteiger partial charge in [-0.25, -0.2) is 4.79 Å². The fourth-order valence-electron chi connectivity index (χ4n) is 2.30. The first kappa shape index (κ1) is 18.4. The number of benzene rings is 2. The summed E-state index contributed by atoms with van der Waals surface area (Å²) in [5.74, 6) is -0.388. The molecule has 1 aromatic heterocycles. The second-order valence-electron chi connectivity index (χ2n) is 5.38. The first-order valence-electron chi connectivity index (χ1n) is 7.28. The van der Waals surface area contributed by atoms with Gasteiger partial charge in [-0.05, 0) is 43.3 Å². The molecule has 0 amide bonds. The van der Waals surface area contributed by atoms with E-state index in [9.17, 15) is 14.4 Å². The van der Waals surface area contributed by atoms with E-state index in [1.165, 1.54) is 19.1 Å². The Morgan fingerprint density at radius 3 is 2.19 bits per heavy atom. The molecule has 0 radical (unpaired) electrons. The minimum atomic E-state index is -0.746. The van der Waals surface area contributed by atoms with Gasteiger partial charge in [-0.1, -0.05) is 34.8 Å². The van der Waals surface area contributed by atoms with E-state index in [0.29, 0.717) is 10.6 Å². The fourth-order valence-corrected chi connectivity index (χ4v) is 3.07. The van der Waals surface area contributed by atoms with Crippen LogP contribution in [0.5, 0.6) is 0 Å². The van der Waals surface area contributed by atoms with Gasteiger partial charge in [0.05, 0.1) is 21.3 Å². The third-order valence-electron chi connectivity index (χ3n) is 3.60. The Morgan fingerprint density at radius 1 is 1.04 bits per heavy atom. The third kappa shape index (κ3) is 3.44. The highest BCUT2D eigenvalue weighted by Gasteiger charge is 2.19. The van der Waals surface area contributed by atoms with Crippen LogP contribution in [0.3, 0.4) is 0 Å². The van der Waals surface area contributed by atoms with E-state index in [1.54, 1.807) is 24.3 Å². The topological polar surface area (TPSA) is 84.8 Å². The van der Waals surface area contributed by atoms with Gasteiger partial charge in [0.2, 0.25) is 0 Å². The summed E-state index contributed by atoms with van der Waals surface area (Å²) >= 11 is 18.3. The van der Waals surface area contributed by atoms with Crippen LogP contribution in [0.15, 0.2) is 46.0 Å². The second-order valence-corrected chi connectivity index (χ2v) is 6.63. The van der Waals surface area contributed by atoms with Crippen molar-refractivity contribution in [2.24, 2.45) is 0 Å². The van der Waals surface area contributed by atoms with Crippen molar-refractivity contribution in [1.82, 2.24) is 14.8 Å². The molecule has 1 heterocycles. The predicted molar refractivity (Wildman–Crippen MR) is 100 cm³/mol. The van der Waals surface area contributed by atoms with Crippen LogP contribution in [0.25, 0.3) is 5.69 Å². The number of aromatic amines is 1. The molecule has 3 aromatic rings. The summed E-state index contributed by atoms with van der Waals surface area (Å²) < 4.78 is 0.949. The maximum Gasteiger partial charge on any atom is 0.349 e. The zero-order chi connectivity index (χ0) is 19.0. The molecular formula is C17H10Cl3N3O3. The molecule has 0 fully saturated rings. The highest BCUT2D eigenvalue weighted by Crippen LogP contribution is 2.30. The molecule has 2 aromatic carbocycles. The number of nitrogens with one attached hydrogen (secondary N) is 1. The normalized spacial score (nSPS) is 10.8. The lowest BCUT2D eigenvalue weighted by molar-refractivity contribution is 0.103. The molecule has 0 bridgehead atoms. The standard InChI is InChI=1S/C17H10Cl3N3O3/c1-8-16(25)21-17(26)23(22-8)11-6-12(19)14(13(20)7-11)15(24)9-2-4-10(18)5-3-9/h2-7H,1H3,(H,21,25,26). The smallest absolute Gasteiger partial charge is 0.288 e. The molecule has 0 saturated heterocycles. The van der Waals surface area contributed by atoms with Gasteiger partial charge in [0.15, 0.2) is 5.78 Å². The van der Waals surface area contributed by atoms with E-state index >= 15 is 0 Å². The number of ketones is 1. The van der Waals surface area contributed by atoms with Crippen molar-refractivity contribution < 1.29 is 4.79 Å². The summed E-state index contributed by atoms with van der Waals surface area (Å²) in [7, 11) is 0.